The van der Waals surface area contributed by atoms with Crippen LogP contribution in [0.25, 0.3) is 11.1 Å². The van der Waals surface area contributed by atoms with Crippen molar-refractivity contribution in [1.82, 2.24) is 5.32 Å². The topological polar surface area (TPSA) is 75.6 Å². The van der Waals surface area contributed by atoms with Gasteiger partial charge in [0.1, 0.15) is 6.61 Å². The zero-order chi connectivity index (χ0) is 19.2. The van der Waals surface area contributed by atoms with Crippen LogP contribution in [0.5, 0.6) is 0 Å². The second-order valence-electron chi connectivity index (χ2n) is 6.55. The molecule has 5 nitrogen and oxygen atoms in total. The van der Waals surface area contributed by atoms with E-state index in [4.69, 9.17) is 9.84 Å². The summed E-state index contributed by atoms with van der Waals surface area (Å²) in [6, 6.07) is 15.9. The molecule has 0 aliphatic heterocycles. The van der Waals surface area contributed by atoms with E-state index in [0.29, 0.717) is 6.42 Å². The van der Waals surface area contributed by atoms with Crippen molar-refractivity contribution in [3.05, 3.63) is 59.7 Å². The summed E-state index contributed by atoms with van der Waals surface area (Å²) in [7, 11) is 0. The second kappa shape index (κ2) is 8.95. The van der Waals surface area contributed by atoms with E-state index in [0.717, 1.165) is 16.9 Å². The fourth-order valence-electron chi connectivity index (χ4n) is 3.50. The van der Waals surface area contributed by atoms with E-state index in [2.05, 4.69) is 29.6 Å². The van der Waals surface area contributed by atoms with E-state index in [1.807, 2.05) is 30.5 Å². The maximum atomic E-state index is 12.2. The molecule has 2 aromatic carbocycles. The Balaban J connectivity index is 1.65. The molecular weight excluding hydrogens is 362 g/mol. The third-order valence-electron chi connectivity index (χ3n) is 4.76. The highest BCUT2D eigenvalue weighted by atomic mass is 32.2. The number of fused-ring (bicyclic) bond motifs is 3. The lowest BCUT2D eigenvalue weighted by molar-refractivity contribution is -0.137. The van der Waals surface area contributed by atoms with E-state index in [1.165, 1.54) is 11.1 Å². The Morgan fingerprint density at radius 2 is 1.70 bits per heavy atom. The summed E-state index contributed by atoms with van der Waals surface area (Å²) in [5.74, 6) is -0.158. The van der Waals surface area contributed by atoms with Crippen LogP contribution in [-0.2, 0) is 9.53 Å². The third-order valence-corrected chi connectivity index (χ3v) is 5.40. The monoisotopic (exact) mass is 385 g/mol. The maximum Gasteiger partial charge on any atom is 0.407 e. The Morgan fingerprint density at radius 1 is 1.11 bits per heavy atom. The Kier molecular flexibility index (Phi) is 6.40. The van der Waals surface area contributed by atoms with Gasteiger partial charge in [0.05, 0.1) is 6.42 Å². The number of benzene rings is 2. The van der Waals surface area contributed by atoms with Gasteiger partial charge in [0, 0.05) is 12.0 Å². The van der Waals surface area contributed by atoms with Gasteiger partial charge in [-0.2, -0.15) is 11.8 Å². The van der Waals surface area contributed by atoms with Gasteiger partial charge in [0.15, 0.2) is 0 Å². The van der Waals surface area contributed by atoms with Crippen LogP contribution in [0.3, 0.4) is 0 Å². The molecule has 0 radical (unpaired) electrons. The summed E-state index contributed by atoms with van der Waals surface area (Å²) in [4.78, 5) is 23.2. The predicted molar refractivity (Wildman–Crippen MR) is 107 cm³/mol. The smallest absolute Gasteiger partial charge is 0.407 e. The third kappa shape index (κ3) is 4.63. The minimum absolute atomic E-state index is 0.00716. The second-order valence-corrected chi connectivity index (χ2v) is 7.53. The number of nitrogens with one attached hydrogen (secondary N) is 1. The van der Waals surface area contributed by atoms with Crippen molar-refractivity contribution in [2.45, 2.75) is 24.8 Å². The molecule has 0 aromatic heterocycles. The van der Waals surface area contributed by atoms with Crippen molar-refractivity contribution in [1.29, 1.82) is 0 Å². The zero-order valence-corrected chi connectivity index (χ0v) is 16.0. The fourth-order valence-corrected chi connectivity index (χ4v) is 4.02. The molecule has 1 aliphatic rings. The Bertz CT molecular complexity index is 778. The number of carbonyl (C=O) groups is 2. The summed E-state index contributed by atoms with van der Waals surface area (Å²) in [5.41, 5.74) is 4.64. The van der Waals surface area contributed by atoms with Gasteiger partial charge in [-0.1, -0.05) is 48.5 Å². The Morgan fingerprint density at radius 3 is 2.26 bits per heavy atom. The van der Waals surface area contributed by atoms with Gasteiger partial charge in [-0.05, 0) is 40.7 Å². The zero-order valence-electron chi connectivity index (χ0n) is 15.2. The first-order valence-electron chi connectivity index (χ1n) is 8.92. The maximum absolute atomic E-state index is 12.2. The van der Waals surface area contributed by atoms with Crippen LogP contribution in [0.15, 0.2) is 48.5 Å². The highest BCUT2D eigenvalue weighted by Crippen LogP contribution is 2.44. The van der Waals surface area contributed by atoms with Crippen LogP contribution in [-0.4, -0.2) is 41.8 Å². The number of carbonyl (C=O) groups excluding carboxylic acids is 1. The number of amides is 1. The van der Waals surface area contributed by atoms with E-state index in [-0.39, 0.29) is 18.9 Å². The minimum atomic E-state index is -0.931. The average molecular weight is 385 g/mol. The molecule has 0 saturated carbocycles. The molecule has 2 N–H and O–H groups in total. The molecule has 0 spiro atoms. The summed E-state index contributed by atoms with van der Waals surface area (Å²) < 4.78 is 5.48. The van der Waals surface area contributed by atoms with Gasteiger partial charge in [-0.15, -0.1) is 0 Å². The highest BCUT2D eigenvalue weighted by molar-refractivity contribution is 7.98. The largest absolute Gasteiger partial charge is 0.481 e. The van der Waals surface area contributed by atoms with Gasteiger partial charge in [-0.3, -0.25) is 4.79 Å². The summed E-state index contributed by atoms with van der Waals surface area (Å²) >= 11 is 1.62. The van der Waals surface area contributed by atoms with Crippen LogP contribution in [0.2, 0.25) is 0 Å². The number of hydrogen-bond donors (Lipinski definition) is 2. The lowest BCUT2D eigenvalue weighted by Gasteiger charge is -2.18. The molecule has 0 unspecified atom stereocenters. The molecule has 6 heteroatoms. The number of thioether (sulfide) groups is 1. The van der Waals surface area contributed by atoms with Gasteiger partial charge >= 0.3 is 12.1 Å². The van der Waals surface area contributed by atoms with Crippen molar-refractivity contribution < 1.29 is 19.4 Å². The van der Waals surface area contributed by atoms with Gasteiger partial charge in [0.2, 0.25) is 0 Å². The molecule has 1 atom stereocenters. The van der Waals surface area contributed by atoms with E-state index in [1.54, 1.807) is 11.8 Å². The molecule has 0 bridgehead atoms. The van der Waals surface area contributed by atoms with Gasteiger partial charge < -0.3 is 15.2 Å². The summed E-state index contributed by atoms with van der Waals surface area (Å²) in [6.07, 6.45) is 1.87. The first kappa shape index (κ1) is 19.3. The number of ether oxygens (including phenoxy) is 1. The molecule has 1 amide bonds. The first-order chi connectivity index (χ1) is 13.1. The lowest BCUT2D eigenvalue weighted by atomic mass is 9.98. The Labute approximate surface area is 163 Å². The molecule has 1 aliphatic carbocycles. The highest BCUT2D eigenvalue weighted by Gasteiger charge is 2.29. The van der Waals surface area contributed by atoms with Crippen LogP contribution >= 0.6 is 11.8 Å². The molecule has 2 aromatic rings. The van der Waals surface area contributed by atoms with Crippen molar-refractivity contribution in [2.75, 3.05) is 18.6 Å². The van der Waals surface area contributed by atoms with E-state index >= 15 is 0 Å². The number of aliphatic carboxylic acids is 1. The SMILES string of the molecule is CSCC[C@H](CC(=O)O)NC(=O)OCC1c2ccccc2-c2ccccc21. The van der Waals surface area contributed by atoms with E-state index in [9.17, 15) is 9.59 Å². The van der Waals surface area contributed by atoms with Crippen LogP contribution in [0.4, 0.5) is 4.79 Å². The number of carboxylic acid groups (broad SMARTS) is 1. The number of rotatable bonds is 8. The Hall–Kier alpha value is -2.47. The van der Waals surface area contributed by atoms with Crippen LogP contribution in [0, 0.1) is 0 Å². The molecule has 27 heavy (non-hydrogen) atoms. The number of hydrogen-bond acceptors (Lipinski definition) is 4. The molecule has 0 heterocycles. The first-order valence-corrected chi connectivity index (χ1v) is 10.3. The standard InChI is InChI=1S/C21H23NO4S/c1-27-11-10-14(12-20(23)24)22-21(25)26-13-19-17-8-4-2-6-15(17)16-7-3-5-9-18(16)19/h2-9,14,19H,10-13H2,1H3,(H,22,25)(H,23,24)/t14-/m1/s1. The van der Waals surface area contributed by atoms with Crippen LogP contribution < -0.4 is 5.32 Å². The molecule has 3 rings (SSSR count). The molecule has 142 valence electrons. The predicted octanol–water partition coefficient (Wildman–Crippen LogP) is 4.12. The van der Waals surface area contributed by atoms with Crippen molar-refractivity contribution >= 4 is 23.8 Å². The fraction of sp³-hybridized carbons (Fsp3) is 0.333. The number of alkyl carbamates (subject to hydrolysis) is 1. The number of carboxylic acids is 1. The minimum Gasteiger partial charge on any atom is -0.481 e. The quantitative estimate of drug-likeness (QED) is 0.715. The van der Waals surface area contributed by atoms with Crippen molar-refractivity contribution in [3.8, 4) is 11.1 Å². The molecule has 0 fully saturated rings. The van der Waals surface area contributed by atoms with Gasteiger partial charge in [-0.25, -0.2) is 4.79 Å². The lowest BCUT2D eigenvalue weighted by Crippen LogP contribution is -2.37. The summed E-state index contributed by atoms with van der Waals surface area (Å²) in [6.45, 7) is 0.224. The van der Waals surface area contributed by atoms with Crippen molar-refractivity contribution in [2.24, 2.45) is 0 Å². The van der Waals surface area contributed by atoms with Gasteiger partial charge in [0.25, 0.3) is 0 Å². The van der Waals surface area contributed by atoms with E-state index < -0.39 is 18.1 Å². The molecule has 0 saturated heterocycles. The normalized spacial score (nSPS) is 13.5. The molecular formula is C21H23NO4S. The average Bonchev–Trinajstić information content (AvgIpc) is 2.98. The van der Waals surface area contributed by atoms with Crippen LogP contribution in [0.1, 0.15) is 29.9 Å². The van der Waals surface area contributed by atoms with Crippen molar-refractivity contribution in [3.63, 3.8) is 0 Å². The summed E-state index contributed by atoms with van der Waals surface area (Å²) in [5, 5.41) is 11.7.